The van der Waals surface area contributed by atoms with E-state index in [-0.39, 0.29) is 23.5 Å². The number of imidazole rings is 1. The summed E-state index contributed by atoms with van der Waals surface area (Å²) in [5.41, 5.74) is -0.189. The minimum Gasteiger partial charge on any atom is -0.332 e. The van der Waals surface area contributed by atoms with Crippen LogP contribution >= 0.6 is 0 Å². The lowest BCUT2D eigenvalue weighted by Crippen LogP contribution is -2.25. The van der Waals surface area contributed by atoms with E-state index in [0.717, 1.165) is 12.3 Å². The molecule has 8 nitrogen and oxygen atoms in total. The maximum absolute atomic E-state index is 13.3. The maximum atomic E-state index is 13.3. The first-order valence-electron chi connectivity index (χ1n) is 9.39. The Bertz CT molecular complexity index is 1290. The largest absolute Gasteiger partial charge is 0.417 e. The molecule has 1 N–H and O–H groups in total. The average molecular weight is 435 g/mol. The highest BCUT2D eigenvalue weighted by Crippen LogP contribution is 2.29. The second kappa shape index (κ2) is 7.93. The summed E-state index contributed by atoms with van der Waals surface area (Å²) in [6.45, 7) is 1.37. The quantitative estimate of drug-likeness (QED) is 0.469. The number of rotatable bonds is 6. The van der Waals surface area contributed by atoms with Gasteiger partial charge in [0.1, 0.15) is 18.3 Å². The van der Waals surface area contributed by atoms with E-state index in [1.165, 1.54) is 21.6 Å². The molecule has 0 amide bonds. The molecule has 31 heavy (non-hydrogen) atoms. The summed E-state index contributed by atoms with van der Waals surface area (Å²) < 4.78 is 54.6. The molecule has 0 fully saturated rings. The van der Waals surface area contributed by atoms with Gasteiger partial charge in [-0.15, -0.1) is 0 Å². The van der Waals surface area contributed by atoms with Gasteiger partial charge in [-0.25, -0.2) is 14.4 Å². The van der Waals surface area contributed by atoms with Gasteiger partial charge in [0.05, 0.1) is 23.9 Å². The lowest BCUT2D eigenvalue weighted by atomic mass is 10.2. The number of fused-ring (bicyclic) bond motifs is 1. The summed E-state index contributed by atoms with van der Waals surface area (Å²) in [5.74, 6) is 0.303. The average Bonchev–Trinajstić information content (AvgIpc) is 3.36. The van der Waals surface area contributed by atoms with Gasteiger partial charge >= 0.3 is 6.18 Å². The number of halogens is 4. The van der Waals surface area contributed by atoms with Gasteiger partial charge in [-0.05, 0) is 18.1 Å². The molecule has 0 spiro atoms. The van der Waals surface area contributed by atoms with Crippen molar-refractivity contribution in [1.82, 2.24) is 34.3 Å². The van der Waals surface area contributed by atoms with E-state index in [4.69, 9.17) is 0 Å². The van der Waals surface area contributed by atoms with E-state index in [9.17, 15) is 22.4 Å². The third-order valence-corrected chi connectivity index (χ3v) is 4.63. The van der Waals surface area contributed by atoms with Crippen molar-refractivity contribution < 1.29 is 17.6 Å². The van der Waals surface area contributed by atoms with Gasteiger partial charge in [0.2, 0.25) is 0 Å². The Kier molecular flexibility index (Phi) is 5.29. The first-order valence-corrected chi connectivity index (χ1v) is 9.39. The number of nitrogens with zero attached hydrogens (tertiary/aromatic N) is 6. The zero-order valence-electron chi connectivity index (χ0n) is 16.3. The maximum Gasteiger partial charge on any atom is 0.417 e. The Balaban J connectivity index is 1.65. The van der Waals surface area contributed by atoms with Crippen LogP contribution in [0.5, 0.6) is 0 Å². The van der Waals surface area contributed by atoms with Crippen molar-refractivity contribution in [2.24, 2.45) is 0 Å². The fourth-order valence-electron chi connectivity index (χ4n) is 3.21. The molecule has 0 saturated carbocycles. The number of alkyl halides is 4. The number of hydrogen-bond donors (Lipinski definition) is 1. The van der Waals surface area contributed by atoms with Crippen LogP contribution in [-0.4, -0.2) is 34.3 Å². The van der Waals surface area contributed by atoms with Gasteiger partial charge in [-0.1, -0.05) is 6.92 Å². The van der Waals surface area contributed by atoms with E-state index in [2.05, 4.69) is 25.0 Å². The second-order valence-electron chi connectivity index (χ2n) is 6.91. The zero-order valence-corrected chi connectivity index (χ0v) is 16.3. The zero-order chi connectivity index (χ0) is 22.2. The van der Waals surface area contributed by atoms with Crippen LogP contribution in [-0.2, 0) is 25.9 Å². The van der Waals surface area contributed by atoms with Gasteiger partial charge in [0.25, 0.3) is 5.56 Å². The number of H-pyrrole nitrogens is 1. The highest BCUT2D eigenvalue weighted by Gasteiger charge is 2.31. The van der Waals surface area contributed by atoms with Crippen molar-refractivity contribution in [3.8, 4) is 11.4 Å². The molecular weight excluding hydrogens is 418 g/mol. The van der Waals surface area contributed by atoms with Gasteiger partial charge in [0, 0.05) is 25.1 Å². The van der Waals surface area contributed by atoms with Crippen LogP contribution < -0.4 is 5.56 Å². The summed E-state index contributed by atoms with van der Waals surface area (Å²) in [6, 6.07) is 1.01. The molecule has 0 bridgehead atoms. The Labute approximate surface area is 172 Å². The Morgan fingerprint density at radius 3 is 2.68 bits per heavy atom. The second-order valence-corrected chi connectivity index (χ2v) is 6.91. The molecule has 4 heterocycles. The topological polar surface area (TPSA) is 94.3 Å². The van der Waals surface area contributed by atoms with Crippen molar-refractivity contribution in [3.63, 3.8) is 0 Å². The molecule has 0 aromatic carbocycles. The first-order chi connectivity index (χ1) is 14.8. The smallest absolute Gasteiger partial charge is 0.332 e. The van der Waals surface area contributed by atoms with Crippen LogP contribution in [0.4, 0.5) is 17.6 Å². The van der Waals surface area contributed by atoms with Crippen LogP contribution in [0.15, 0.2) is 35.6 Å². The number of aromatic amines is 1. The molecule has 0 radical (unpaired) electrons. The van der Waals surface area contributed by atoms with E-state index >= 15 is 0 Å². The summed E-state index contributed by atoms with van der Waals surface area (Å²) in [5, 5.41) is 4.14. The predicted octanol–water partition coefficient (Wildman–Crippen LogP) is 3.32. The number of pyridine rings is 1. The molecule has 0 atom stereocenters. The molecule has 0 aliphatic rings. The molecule has 0 aliphatic carbocycles. The monoisotopic (exact) mass is 435 g/mol. The SMILES string of the molecule is CCCn1c(CF)nc2nc(-c3cnn(Cc4cncc(C(F)(F)F)c4)c3)[nH]c2c1=O. The van der Waals surface area contributed by atoms with Crippen LogP contribution in [0.2, 0.25) is 0 Å². The van der Waals surface area contributed by atoms with Crippen molar-refractivity contribution in [3.05, 3.63) is 58.2 Å². The Morgan fingerprint density at radius 2 is 1.97 bits per heavy atom. The summed E-state index contributed by atoms with van der Waals surface area (Å²) in [7, 11) is 0. The highest BCUT2D eigenvalue weighted by atomic mass is 19.4. The van der Waals surface area contributed by atoms with Gasteiger partial charge in [-0.2, -0.15) is 18.3 Å². The summed E-state index contributed by atoms with van der Waals surface area (Å²) >= 11 is 0. The molecule has 4 aromatic rings. The normalized spacial score (nSPS) is 12.0. The number of nitrogens with one attached hydrogen (secondary N) is 1. The molecule has 12 heteroatoms. The molecule has 0 aliphatic heterocycles. The molecular formula is C19H17F4N7O. The Hall–Kier alpha value is -3.57. The first kappa shape index (κ1) is 20.7. The third-order valence-electron chi connectivity index (χ3n) is 4.63. The minimum absolute atomic E-state index is 0.00476. The summed E-state index contributed by atoms with van der Waals surface area (Å²) in [4.78, 5) is 27.6. The van der Waals surface area contributed by atoms with Gasteiger partial charge in [0.15, 0.2) is 11.2 Å². The molecule has 162 valence electrons. The highest BCUT2D eigenvalue weighted by molar-refractivity contribution is 5.74. The van der Waals surface area contributed by atoms with Crippen LogP contribution in [0.1, 0.15) is 30.3 Å². The minimum atomic E-state index is -4.48. The van der Waals surface area contributed by atoms with Gasteiger partial charge in [-0.3, -0.25) is 19.0 Å². The van der Waals surface area contributed by atoms with E-state index in [1.807, 2.05) is 6.92 Å². The number of hydrogen-bond acceptors (Lipinski definition) is 5. The van der Waals surface area contributed by atoms with Crippen LogP contribution in [0.3, 0.4) is 0 Å². The van der Waals surface area contributed by atoms with E-state index in [0.29, 0.717) is 29.9 Å². The standard InChI is InChI=1S/C19H17F4N7O/c1-2-3-30-14(5-20)26-17-15(18(30)31)27-16(28-17)12-7-25-29(10-12)9-11-4-13(8-24-6-11)19(21,22)23/h4,6-8,10H,2-3,5,9H2,1H3,(H,27,28). The van der Waals surface area contributed by atoms with Crippen LogP contribution in [0.25, 0.3) is 22.6 Å². The molecule has 4 aromatic heterocycles. The van der Waals surface area contributed by atoms with Crippen molar-refractivity contribution >= 4 is 11.2 Å². The molecule has 0 saturated heterocycles. The Morgan fingerprint density at radius 1 is 1.16 bits per heavy atom. The molecule has 0 unspecified atom stereocenters. The number of aromatic nitrogens is 7. The predicted molar refractivity (Wildman–Crippen MR) is 103 cm³/mol. The van der Waals surface area contributed by atoms with Crippen molar-refractivity contribution in [1.29, 1.82) is 0 Å². The van der Waals surface area contributed by atoms with Crippen molar-refractivity contribution in [2.75, 3.05) is 0 Å². The third kappa shape index (κ3) is 4.05. The lowest BCUT2D eigenvalue weighted by molar-refractivity contribution is -0.137. The van der Waals surface area contributed by atoms with Gasteiger partial charge < -0.3 is 4.98 Å². The van der Waals surface area contributed by atoms with E-state index in [1.54, 1.807) is 6.20 Å². The lowest BCUT2D eigenvalue weighted by Gasteiger charge is -2.08. The molecule has 4 rings (SSSR count). The van der Waals surface area contributed by atoms with E-state index < -0.39 is 24.0 Å². The van der Waals surface area contributed by atoms with Crippen LogP contribution in [0, 0.1) is 0 Å². The fraction of sp³-hybridized carbons (Fsp3) is 0.316. The van der Waals surface area contributed by atoms with Crippen molar-refractivity contribution in [2.45, 2.75) is 39.3 Å². The summed E-state index contributed by atoms with van der Waals surface area (Å²) in [6.07, 6.45) is 1.27. The fourth-order valence-corrected chi connectivity index (χ4v) is 3.21.